The van der Waals surface area contributed by atoms with Gasteiger partial charge in [0.25, 0.3) is 11.8 Å². The second-order valence-corrected chi connectivity index (χ2v) is 6.64. The van der Waals surface area contributed by atoms with Crippen molar-refractivity contribution in [3.63, 3.8) is 0 Å². The summed E-state index contributed by atoms with van der Waals surface area (Å²) in [6.45, 7) is 2.65. The lowest BCUT2D eigenvalue weighted by Crippen LogP contribution is -2.30. The van der Waals surface area contributed by atoms with Crippen LogP contribution in [-0.2, 0) is 6.54 Å². The van der Waals surface area contributed by atoms with Crippen molar-refractivity contribution in [3.8, 4) is 5.75 Å². The number of phenols is 1. The maximum atomic E-state index is 12.6. The van der Waals surface area contributed by atoms with Crippen LogP contribution in [0.15, 0.2) is 42.5 Å². The lowest BCUT2D eigenvalue weighted by Gasteiger charge is -2.27. The third kappa shape index (κ3) is 2.81. The van der Waals surface area contributed by atoms with E-state index < -0.39 is 0 Å². The number of carbonyl (C=O) groups excluding carboxylic acids is 2. The van der Waals surface area contributed by atoms with E-state index in [0.717, 1.165) is 18.7 Å². The number of amides is 2. The molecule has 0 bridgehead atoms. The summed E-state index contributed by atoms with van der Waals surface area (Å²) in [6, 6.07) is 11.8. The summed E-state index contributed by atoms with van der Waals surface area (Å²) in [5.41, 5.74) is 2.11. The zero-order chi connectivity index (χ0) is 17.4. The number of phenolic OH excluding ortho intramolecular Hbond substituents is 1. The third-order valence-corrected chi connectivity index (χ3v) is 4.96. The SMILES string of the molecule is O=C1c2ccccc2C(=O)N1c1ccc(O)c(CN2CCCCC2)c1. The van der Waals surface area contributed by atoms with Gasteiger partial charge in [0.15, 0.2) is 0 Å². The van der Waals surface area contributed by atoms with Crippen molar-refractivity contribution in [2.75, 3.05) is 18.0 Å². The van der Waals surface area contributed by atoms with E-state index >= 15 is 0 Å². The molecule has 0 atom stereocenters. The van der Waals surface area contributed by atoms with Gasteiger partial charge in [-0.05, 0) is 56.3 Å². The van der Waals surface area contributed by atoms with Crippen LogP contribution in [0.5, 0.6) is 5.75 Å². The number of piperidine rings is 1. The number of carbonyl (C=O) groups is 2. The van der Waals surface area contributed by atoms with Gasteiger partial charge in [0.2, 0.25) is 0 Å². The number of imide groups is 1. The Bertz CT molecular complexity index is 806. The monoisotopic (exact) mass is 336 g/mol. The van der Waals surface area contributed by atoms with Gasteiger partial charge in [0.05, 0.1) is 16.8 Å². The first-order valence-corrected chi connectivity index (χ1v) is 8.67. The van der Waals surface area contributed by atoms with Crippen LogP contribution in [0, 0.1) is 0 Å². The fraction of sp³-hybridized carbons (Fsp3) is 0.300. The molecule has 0 radical (unpaired) electrons. The van der Waals surface area contributed by atoms with E-state index in [9.17, 15) is 14.7 Å². The van der Waals surface area contributed by atoms with E-state index in [1.54, 1.807) is 42.5 Å². The molecule has 2 aromatic rings. The average Bonchev–Trinajstić information content (AvgIpc) is 2.89. The highest BCUT2D eigenvalue weighted by Crippen LogP contribution is 2.32. The Kier molecular flexibility index (Phi) is 4.01. The largest absolute Gasteiger partial charge is 0.508 e. The smallest absolute Gasteiger partial charge is 0.266 e. The van der Waals surface area contributed by atoms with Crippen molar-refractivity contribution in [3.05, 3.63) is 59.2 Å². The first-order chi connectivity index (χ1) is 12.1. The minimum absolute atomic E-state index is 0.200. The maximum absolute atomic E-state index is 12.6. The van der Waals surface area contributed by atoms with E-state index in [1.165, 1.54) is 24.2 Å². The van der Waals surface area contributed by atoms with Crippen molar-refractivity contribution < 1.29 is 14.7 Å². The van der Waals surface area contributed by atoms with Crippen LogP contribution in [0.4, 0.5) is 5.69 Å². The zero-order valence-electron chi connectivity index (χ0n) is 13.9. The lowest BCUT2D eigenvalue weighted by molar-refractivity contribution is 0.0926. The molecule has 2 aliphatic rings. The van der Waals surface area contributed by atoms with E-state index in [2.05, 4.69) is 4.90 Å². The Balaban J connectivity index is 1.64. The summed E-state index contributed by atoms with van der Waals surface area (Å²) in [4.78, 5) is 28.7. The highest BCUT2D eigenvalue weighted by molar-refractivity contribution is 6.34. The van der Waals surface area contributed by atoms with Gasteiger partial charge in [-0.2, -0.15) is 0 Å². The predicted molar refractivity (Wildman–Crippen MR) is 94.8 cm³/mol. The van der Waals surface area contributed by atoms with Gasteiger partial charge in [-0.25, -0.2) is 4.90 Å². The number of rotatable bonds is 3. The molecule has 2 aliphatic heterocycles. The summed E-state index contributed by atoms with van der Waals surface area (Å²) in [5, 5.41) is 10.2. The first kappa shape index (κ1) is 15.8. The number of likely N-dealkylation sites (tertiary alicyclic amines) is 1. The minimum Gasteiger partial charge on any atom is -0.508 e. The first-order valence-electron chi connectivity index (χ1n) is 8.67. The van der Waals surface area contributed by atoms with Crippen molar-refractivity contribution in [1.29, 1.82) is 0 Å². The minimum atomic E-state index is -0.310. The van der Waals surface area contributed by atoms with Crippen molar-refractivity contribution >= 4 is 17.5 Å². The molecule has 1 fully saturated rings. The molecule has 0 aliphatic carbocycles. The number of aromatic hydroxyl groups is 1. The van der Waals surface area contributed by atoms with Gasteiger partial charge in [0, 0.05) is 12.1 Å². The molecule has 0 saturated carbocycles. The lowest BCUT2D eigenvalue weighted by atomic mass is 10.1. The number of hydrogen-bond acceptors (Lipinski definition) is 4. The highest BCUT2D eigenvalue weighted by atomic mass is 16.3. The molecular formula is C20H20N2O3. The molecular weight excluding hydrogens is 316 g/mol. The van der Waals surface area contributed by atoms with Crippen LogP contribution in [0.2, 0.25) is 0 Å². The Morgan fingerprint density at radius 2 is 1.52 bits per heavy atom. The van der Waals surface area contributed by atoms with Crippen LogP contribution < -0.4 is 4.90 Å². The van der Waals surface area contributed by atoms with E-state index in [-0.39, 0.29) is 17.6 Å². The third-order valence-electron chi connectivity index (χ3n) is 4.96. The average molecular weight is 336 g/mol. The molecule has 25 heavy (non-hydrogen) atoms. The molecule has 2 aromatic carbocycles. The van der Waals surface area contributed by atoms with Crippen molar-refractivity contribution in [2.45, 2.75) is 25.8 Å². The predicted octanol–water partition coefficient (Wildman–Crippen LogP) is 3.18. The number of hydrogen-bond donors (Lipinski definition) is 1. The standard InChI is InChI=1S/C20H20N2O3/c23-18-9-8-15(12-14(18)13-21-10-4-1-5-11-21)22-19(24)16-6-2-3-7-17(16)20(22)25/h2-3,6-9,12,23H,1,4-5,10-11,13H2. The molecule has 0 aromatic heterocycles. The molecule has 128 valence electrons. The van der Waals surface area contributed by atoms with Gasteiger partial charge in [0.1, 0.15) is 5.75 Å². The van der Waals surface area contributed by atoms with Crippen LogP contribution in [-0.4, -0.2) is 34.9 Å². The van der Waals surface area contributed by atoms with Gasteiger partial charge < -0.3 is 5.11 Å². The maximum Gasteiger partial charge on any atom is 0.266 e. The normalized spacial score (nSPS) is 17.8. The van der Waals surface area contributed by atoms with Crippen LogP contribution in [0.1, 0.15) is 45.5 Å². The number of benzene rings is 2. The van der Waals surface area contributed by atoms with Crippen LogP contribution >= 0.6 is 0 Å². The molecule has 4 rings (SSSR count). The van der Waals surface area contributed by atoms with E-state index in [0.29, 0.717) is 23.4 Å². The van der Waals surface area contributed by atoms with Gasteiger partial charge >= 0.3 is 0 Å². The second-order valence-electron chi connectivity index (χ2n) is 6.64. The van der Waals surface area contributed by atoms with Crippen molar-refractivity contribution in [1.82, 2.24) is 4.90 Å². The van der Waals surface area contributed by atoms with Crippen LogP contribution in [0.3, 0.4) is 0 Å². The Hall–Kier alpha value is -2.66. The fourth-order valence-electron chi connectivity index (χ4n) is 3.62. The second kappa shape index (κ2) is 6.33. The summed E-state index contributed by atoms with van der Waals surface area (Å²) in [5.74, 6) is -0.420. The molecule has 2 amide bonds. The Morgan fingerprint density at radius 3 is 2.16 bits per heavy atom. The molecule has 5 heteroatoms. The highest BCUT2D eigenvalue weighted by Gasteiger charge is 2.36. The van der Waals surface area contributed by atoms with Gasteiger partial charge in [-0.3, -0.25) is 14.5 Å². The summed E-state index contributed by atoms with van der Waals surface area (Å²) >= 11 is 0. The number of nitrogens with zero attached hydrogens (tertiary/aromatic N) is 2. The molecule has 1 N–H and O–H groups in total. The number of anilines is 1. The summed E-state index contributed by atoms with van der Waals surface area (Å²) < 4.78 is 0. The number of fused-ring (bicyclic) bond motifs is 1. The van der Waals surface area contributed by atoms with Crippen LogP contribution in [0.25, 0.3) is 0 Å². The summed E-state index contributed by atoms with van der Waals surface area (Å²) in [6.07, 6.45) is 3.58. The van der Waals surface area contributed by atoms with Gasteiger partial charge in [-0.15, -0.1) is 0 Å². The Labute approximate surface area is 146 Å². The molecule has 5 nitrogen and oxygen atoms in total. The van der Waals surface area contributed by atoms with Crippen molar-refractivity contribution in [2.24, 2.45) is 0 Å². The fourth-order valence-corrected chi connectivity index (χ4v) is 3.62. The van der Waals surface area contributed by atoms with E-state index in [4.69, 9.17) is 0 Å². The molecule has 0 unspecified atom stereocenters. The summed E-state index contributed by atoms with van der Waals surface area (Å²) in [7, 11) is 0. The molecule has 2 heterocycles. The van der Waals surface area contributed by atoms with E-state index in [1.807, 2.05) is 0 Å². The molecule has 0 spiro atoms. The zero-order valence-corrected chi connectivity index (χ0v) is 13.9. The quantitative estimate of drug-likeness (QED) is 0.875. The molecule has 1 saturated heterocycles. The Morgan fingerprint density at radius 1 is 0.880 bits per heavy atom. The topological polar surface area (TPSA) is 60.9 Å². The van der Waals surface area contributed by atoms with Gasteiger partial charge in [-0.1, -0.05) is 18.6 Å².